The van der Waals surface area contributed by atoms with Crippen LogP contribution >= 0.6 is 11.6 Å². The van der Waals surface area contributed by atoms with Crippen LogP contribution in [0.3, 0.4) is 0 Å². The van der Waals surface area contributed by atoms with Crippen LogP contribution in [0, 0.1) is 0 Å². The minimum absolute atomic E-state index is 0.237. The van der Waals surface area contributed by atoms with Crippen LogP contribution < -0.4 is 4.72 Å². The predicted molar refractivity (Wildman–Crippen MR) is 111 cm³/mol. The molecule has 1 aliphatic rings. The van der Waals surface area contributed by atoms with Crippen molar-refractivity contribution in [2.75, 3.05) is 0 Å². The fraction of sp³-hybridized carbons (Fsp3) is 0.400. The summed E-state index contributed by atoms with van der Waals surface area (Å²) in [6.07, 6.45) is 2.15. The van der Waals surface area contributed by atoms with Gasteiger partial charge in [0, 0.05) is 23.8 Å². The molecule has 3 aromatic heterocycles. The summed E-state index contributed by atoms with van der Waals surface area (Å²) in [5.74, 6) is 0. The molecule has 0 unspecified atom stereocenters. The van der Waals surface area contributed by atoms with Crippen molar-refractivity contribution in [1.29, 1.82) is 0 Å². The number of fused-ring (bicyclic) bond motifs is 1. The van der Waals surface area contributed by atoms with Crippen molar-refractivity contribution in [2.24, 2.45) is 0 Å². The fourth-order valence-corrected chi connectivity index (χ4v) is 5.21. The van der Waals surface area contributed by atoms with Gasteiger partial charge in [-0.25, -0.2) is 13.4 Å². The Labute approximate surface area is 182 Å². The van der Waals surface area contributed by atoms with E-state index in [4.69, 9.17) is 11.6 Å². The van der Waals surface area contributed by atoms with Gasteiger partial charge in [-0.15, -0.1) is 0 Å². The van der Waals surface area contributed by atoms with E-state index in [0.717, 1.165) is 55.5 Å². The molecule has 1 N–H and O–H groups in total. The number of aromatic nitrogens is 3. The Balaban J connectivity index is 1.72. The summed E-state index contributed by atoms with van der Waals surface area (Å²) in [6, 6.07) is 4.48. The van der Waals surface area contributed by atoms with Crippen molar-refractivity contribution >= 4 is 32.7 Å². The largest absolute Gasteiger partial charge is 0.404 e. The summed E-state index contributed by atoms with van der Waals surface area (Å²) in [5, 5.41) is 1.34. The van der Waals surface area contributed by atoms with Gasteiger partial charge >= 0.3 is 6.18 Å². The number of hydrogen-bond acceptors (Lipinski definition) is 4. The molecule has 0 bridgehead atoms. The molecule has 6 nitrogen and oxygen atoms in total. The molecule has 166 valence electrons. The van der Waals surface area contributed by atoms with Crippen LogP contribution in [0.15, 0.2) is 41.6 Å². The zero-order valence-corrected chi connectivity index (χ0v) is 18.1. The van der Waals surface area contributed by atoms with E-state index in [1.807, 2.05) is 6.07 Å². The minimum Gasteiger partial charge on any atom is -0.321 e. The second-order valence-electron chi connectivity index (χ2n) is 7.67. The Bertz CT molecular complexity index is 1200. The highest BCUT2D eigenvalue weighted by Gasteiger charge is 2.39. The number of pyridine rings is 2. The third kappa shape index (κ3) is 4.42. The molecule has 0 saturated heterocycles. The lowest BCUT2D eigenvalue weighted by atomic mass is 10.2. The normalized spacial score (nSPS) is 16.8. The molecule has 31 heavy (non-hydrogen) atoms. The molecule has 11 heteroatoms. The topological polar surface area (TPSA) is 76.9 Å². The molecule has 4 rings (SSSR count). The maximum Gasteiger partial charge on any atom is 0.404 e. The van der Waals surface area contributed by atoms with Crippen molar-refractivity contribution in [3.8, 4) is 11.4 Å². The zero-order valence-electron chi connectivity index (χ0n) is 16.5. The molecule has 0 aliphatic heterocycles. The van der Waals surface area contributed by atoms with E-state index in [9.17, 15) is 21.6 Å². The van der Waals surface area contributed by atoms with Crippen LogP contribution in [0.5, 0.6) is 0 Å². The van der Waals surface area contributed by atoms with E-state index >= 15 is 0 Å². The maximum atomic E-state index is 12.7. The Hall–Kier alpha value is -2.17. The first-order valence-electron chi connectivity index (χ1n) is 9.78. The van der Waals surface area contributed by atoms with Crippen LogP contribution in [-0.2, 0) is 10.0 Å². The molecular weight excluding hydrogens is 453 g/mol. The highest BCUT2D eigenvalue weighted by atomic mass is 35.5. The van der Waals surface area contributed by atoms with Crippen LogP contribution in [0.1, 0.15) is 38.6 Å². The monoisotopic (exact) mass is 472 g/mol. The SMILES string of the molecule is C[C@H](NS(=O)(=O)c1ccc(-c2cc3cc(Cl)cnc3n2C2CCCC2)nc1)C(F)(F)F. The number of alkyl halides is 3. The Morgan fingerprint density at radius 3 is 2.48 bits per heavy atom. The van der Waals surface area contributed by atoms with Crippen LogP contribution in [-0.4, -0.2) is 35.2 Å². The van der Waals surface area contributed by atoms with Crippen molar-refractivity contribution in [3.63, 3.8) is 0 Å². The summed E-state index contributed by atoms with van der Waals surface area (Å²) >= 11 is 6.09. The fourth-order valence-electron chi connectivity index (χ4n) is 3.87. The van der Waals surface area contributed by atoms with Crippen molar-refractivity contribution in [2.45, 2.75) is 55.8 Å². The highest BCUT2D eigenvalue weighted by molar-refractivity contribution is 7.89. The van der Waals surface area contributed by atoms with E-state index in [0.29, 0.717) is 10.7 Å². The van der Waals surface area contributed by atoms with Gasteiger partial charge in [0.15, 0.2) is 0 Å². The van der Waals surface area contributed by atoms with Gasteiger partial charge in [0.25, 0.3) is 0 Å². The van der Waals surface area contributed by atoms with E-state index < -0.39 is 22.2 Å². The number of sulfonamides is 1. The predicted octanol–water partition coefficient (Wildman–Crippen LogP) is 5.10. The molecule has 1 aliphatic carbocycles. The van der Waals surface area contributed by atoms with Gasteiger partial charge < -0.3 is 4.57 Å². The minimum atomic E-state index is -4.68. The third-order valence-corrected chi connectivity index (χ3v) is 7.20. The first-order valence-corrected chi connectivity index (χ1v) is 11.6. The number of nitrogens with one attached hydrogen (secondary N) is 1. The number of rotatable bonds is 5. The summed E-state index contributed by atoms with van der Waals surface area (Å²) in [4.78, 5) is 8.39. The van der Waals surface area contributed by atoms with E-state index in [2.05, 4.69) is 14.5 Å². The molecule has 1 atom stereocenters. The van der Waals surface area contributed by atoms with Crippen molar-refractivity contribution in [1.82, 2.24) is 19.3 Å². The second-order valence-corrected chi connectivity index (χ2v) is 9.82. The lowest BCUT2D eigenvalue weighted by molar-refractivity contribution is -0.147. The average Bonchev–Trinajstić information content (AvgIpc) is 3.34. The maximum absolute atomic E-state index is 12.7. The highest BCUT2D eigenvalue weighted by Crippen LogP contribution is 2.38. The van der Waals surface area contributed by atoms with Gasteiger partial charge in [-0.3, -0.25) is 4.98 Å². The number of hydrogen-bond donors (Lipinski definition) is 1. The third-order valence-electron chi connectivity index (χ3n) is 5.46. The standard InChI is InChI=1S/C20H20ClF3N4O2S/c1-12(20(22,23)24)27-31(29,30)16-6-7-17(25-11-16)18-9-13-8-14(21)10-26-19(13)28(18)15-4-2-3-5-15/h6-12,15,27H,2-5H2,1H3/t12-/m0/s1. The number of halogens is 4. The van der Waals surface area contributed by atoms with Crippen molar-refractivity contribution in [3.05, 3.63) is 41.7 Å². The second kappa shape index (κ2) is 8.07. The van der Waals surface area contributed by atoms with E-state index in [-0.39, 0.29) is 10.9 Å². The summed E-state index contributed by atoms with van der Waals surface area (Å²) in [5.41, 5.74) is 2.03. The molecule has 3 aromatic rings. The van der Waals surface area contributed by atoms with Crippen LogP contribution in [0.2, 0.25) is 5.02 Å². The molecule has 3 heterocycles. The first-order chi connectivity index (χ1) is 14.6. The molecule has 0 spiro atoms. The summed E-state index contributed by atoms with van der Waals surface area (Å²) in [7, 11) is -4.37. The van der Waals surface area contributed by atoms with Crippen LogP contribution in [0.25, 0.3) is 22.4 Å². The Morgan fingerprint density at radius 2 is 1.87 bits per heavy atom. The van der Waals surface area contributed by atoms with Gasteiger partial charge in [0.05, 0.1) is 16.4 Å². The van der Waals surface area contributed by atoms with E-state index in [1.54, 1.807) is 17.0 Å². The first kappa shape index (κ1) is 22.0. The lowest BCUT2D eigenvalue weighted by Gasteiger charge is -2.18. The smallest absolute Gasteiger partial charge is 0.321 e. The average molecular weight is 473 g/mol. The van der Waals surface area contributed by atoms with Gasteiger partial charge in [-0.1, -0.05) is 24.4 Å². The molecule has 0 radical (unpaired) electrons. The van der Waals surface area contributed by atoms with Gasteiger partial charge in [-0.2, -0.15) is 17.9 Å². The van der Waals surface area contributed by atoms with Gasteiger partial charge in [-0.05, 0) is 44.0 Å². The molecular formula is C20H20ClF3N4O2S. The quantitative estimate of drug-likeness (QED) is 0.560. The molecule has 0 amide bonds. The molecule has 1 fully saturated rings. The summed E-state index contributed by atoms with van der Waals surface area (Å²) in [6.45, 7) is 0.748. The molecule has 0 aromatic carbocycles. The Morgan fingerprint density at radius 1 is 1.16 bits per heavy atom. The van der Waals surface area contributed by atoms with E-state index in [1.165, 1.54) is 12.1 Å². The Kier molecular flexibility index (Phi) is 5.74. The van der Waals surface area contributed by atoms with Crippen molar-refractivity contribution < 1.29 is 21.6 Å². The van der Waals surface area contributed by atoms with Gasteiger partial charge in [0.1, 0.15) is 16.6 Å². The zero-order chi connectivity index (χ0) is 22.4. The van der Waals surface area contributed by atoms with Gasteiger partial charge in [0.2, 0.25) is 10.0 Å². The number of nitrogens with zero attached hydrogens (tertiary/aromatic N) is 3. The summed E-state index contributed by atoms with van der Waals surface area (Å²) < 4.78 is 66.6. The van der Waals surface area contributed by atoms with Crippen LogP contribution in [0.4, 0.5) is 13.2 Å². The lowest BCUT2D eigenvalue weighted by Crippen LogP contribution is -2.42. The molecule has 1 saturated carbocycles.